The summed E-state index contributed by atoms with van der Waals surface area (Å²) in [5.74, 6) is 1.49. The molecule has 0 aliphatic carbocycles. The Morgan fingerprint density at radius 3 is 2.57 bits per heavy atom. The van der Waals surface area contributed by atoms with Crippen molar-refractivity contribution >= 4 is 17.0 Å². The maximum Gasteiger partial charge on any atom is 0.336 e. The molecule has 4 rings (SSSR count). The first kappa shape index (κ1) is 14.4. The second-order valence-corrected chi connectivity index (χ2v) is 7.46. The fourth-order valence-electron chi connectivity index (χ4n) is 3.34. The molecule has 1 aromatic heterocycles. The Balaban J connectivity index is 2.18. The number of hydrogen-bond donors (Lipinski definition) is 0. The van der Waals surface area contributed by atoms with Crippen molar-refractivity contribution < 1.29 is 13.9 Å². The van der Waals surface area contributed by atoms with E-state index >= 15 is 0 Å². The predicted octanol–water partition coefficient (Wildman–Crippen LogP) is 4.04. The highest BCUT2D eigenvalue weighted by Crippen LogP contribution is 2.53. The van der Waals surface area contributed by atoms with E-state index in [-0.39, 0.29) is 17.1 Å². The van der Waals surface area contributed by atoms with Gasteiger partial charge in [-0.25, -0.2) is 4.79 Å². The second-order valence-electron chi connectivity index (χ2n) is 7.46. The van der Waals surface area contributed by atoms with Crippen LogP contribution in [0.2, 0.25) is 0 Å². The highest BCUT2D eigenvalue weighted by molar-refractivity contribution is 5.95. The minimum atomic E-state index is -0.413. The van der Waals surface area contributed by atoms with E-state index in [0.29, 0.717) is 5.58 Å². The van der Waals surface area contributed by atoms with Gasteiger partial charge in [0.1, 0.15) is 28.8 Å². The van der Waals surface area contributed by atoms with Gasteiger partial charge < -0.3 is 13.9 Å². The fraction of sp³-hybridized carbons (Fsp3) is 0.421. The molecule has 0 spiro atoms. The molecular formula is C19H20O4. The Kier molecular flexibility index (Phi) is 2.62. The van der Waals surface area contributed by atoms with Gasteiger partial charge in [-0.15, -0.1) is 0 Å². The summed E-state index contributed by atoms with van der Waals surface area (Å²) in [6, 6.07) is 3.23. The molecule has 0 N–H and O–H groups in total. The third kappa shape index (κ3) is 1.87. The summed E-state index contributed by atoms with van der Waals surface area (Å²) in [7, 11) is 0. The van der Waals surface area contributed by atoms with Crippen molar-refractivity contribution in [3.8, 4) is 11.5 Å². The molecule has 23 heavy (non-hydrogen) atoms. The fourth-order valence-corrected chi connectivity index (χ4v) is 3.34. The molecule has 0 unspecified atom stereocenters. The van der Waals surface area contributed by atoms with Gasteiger partial charge in [0.15, 0.2) is 0 Å². The largest absolute Gasteiger partial charge is 0.489 e. The zero-order valence-electron chi connectivity index (χ0n) is 14.0. The Morgan fingerprint density at radius 1 is 1.09 bits per heavy atom. The van der Waals surface area contributed by atoms with Crippen LogP contribution in [0.3, 0.4) is 0 Å². The van der Waals surface area contributed by atoms with Crippen LogP contribution in [0.25, 0.3) is 17.0 Å². The lowest BCUT2D eigenvalue weighted by atomic mass is 9.79. The number of fused-ring (bicyclic) bond motifs is 6. The molecule has 0 bridgehead atoms. The quantitative estimate of drug-likeness (QED) is 0.689. The third-order valence-corrected chi connectivity index (χ3v) is 4.99. The Labute approximate surface area is 134 Å². The number of benzene rings is 1. The molecule has 0 fully saturated rings. The van der Waals surface area contributed by atoms with E-state index in [9.17, 15) is 4.79 Å². The van der Waals surface area contributed by atoms with Crippen LogP contribution >= 0.6 is 0 Å². The van der Waals surface area contributed by atoms with Crippen molar-refractivity contribution in [3.05, 3.63) is 39.8 Å². The minimum Gasteiger partial charge on any atom is -0.489 e. The predicted molar refractivity (Wildman–Crippen MR) is 89.3 cm³/mol. The molecule has 0 amide bonds. The zero-order chi connectivity index (χ0) is 16.6. The zero-order valence-corrected chi connectivity index (χ0v) is 14.0. The van der Waals surface area contributed by atoms with Crippen LogP contribution in [0.1, 0.15) is 45.7 Å². The van der Waals surface area contributed by atoms with E-state index in [1.165, 1.54) is 6.07 Å². The smallest absolute Gasteiger partial charge is 0.336 e. The second kappa shape index (κ2) is 4.19. The molecule has 1 atom stereocenters. The van der Waals surface area contributed by atoms with E-state index in [1.807, 2.05) is 26.8 Å². The molecule has 0 radical (unpaired) electrons. The van der Waals surface area contributed by atoms with Gasteiger partial charge in [-0.05, 0) is 39.0 Å². The lowest BCUT2D eigenvalue weighted by Crippen LogP contribution is -2.29. The first-order valence-electron chi connectivity index (χ1n) is 7.90. The maximum absolute atomic E-state index is 11.8. The first-order valence-corrected chi connectivity index (χ1v) is 7.90. The van der Waals surface area contributed by atoms with E-state index in [0.717, 1.165) is 28.0 Å². The topological polar surface area (TPSA) is 48.7 Å². The van der Waals surface area contributed by atoms with E-state index in [1.54, 1.807) is 6.07 Å². The normalized spacial score (nSPS) is 23.1. The number of ether oxygens (including phenoxy) is 2. The van der Waals surface area contributed by atoms with Crippen molar-refractivity contribution in [1.29, 1.82) is 0 Å². The first-order chi connectivity index (χ1) is 10.7. The van der Waals surface area contributed by atoms with Gasteiger partial charge in [-0.1, -0.05) is 13.8 Å². The van der Waals surface area contributed by atoms with Crippen molar-refractivity contribution in [2.24, 2.45) is 0 Å². The van der Waals surface area contributed by atoms with E-state index in [4.69, 9.17) is 13.9 Å². The molecule has 4 heteroatoms. The maximum atomic E-state index is 11.8. The van der Waals surface area contributed by atoms with Gasteiger partial charge in [-0.3, -0.25) is 0 Å². The molecule has 3 heterocycles. The van der Waals surface area contributed by atoms with Gasteiger partial charge in [0.05, 0.1) is 10.9 Å². The van der Waals surface area contributed by atoms with Gasteiger partial charge >= 0.3 is 5.63 Å². The monoisotopic (exact) mass is 312 g/mol. The summed E-state index contributed by atoms with van der Waals surface area (Å²) in [5, 5.41) is 0.821. The van der Waals surface area contributed by atoms with Crippen LogP contribution in [-0.4, -0.2) is 11.7 Å². The van der Waals surface area contributed by atoms with Crippen LogP contribution in [-0.2, 0) is 5.41 Å². The lowest BCUT2D eigenvalue weighted by Gasteiger charge is -2.30. The molecule has 0 saturated heterocycles. The third-order valence-electron chi connectivity index (χ3n) is 4.99. The van der Waals surface area contributed by atoms with Crippen LogP contribution in [0.4, 0.5) is 0 Å². The summed E-state index contributed by atoms with van der Waals surface area (Å²) in [6.07, 6.45) is 4.07. The molecule has 120 valence electrons. The SMILES string of the molecule is C[C@H]1Oc2c3c(c4ccc(=O)oc4c2C1(C)C)OC(C)(C)C=C3. The molecule has 2 aliphatic heterocycles. The molecule has 2 aliphatic rings. The van der Waals surface area contributed by atoms with Gasteiger partial charge in [0.2, 0.25) is 0 Å². The van der Waals surface area contributed by atoms with Crippen LogP contribution in [0, 0.1) is 0 Å². The Hall–Kier alpha value is -2.23. The van der Waals surface area contributed by atoms with Crippen molar-refractivity contribution in [2.75, 3.05) is 0 Å². The average molecular weight is 312 g/mol. The lowest BCUT2D eigenvalue weighted by molar-refractivity contribution is 0.158. The summed E-state index contributed by atoms with van der Waals surface area (Å²) in [4.78, 5) is 11.8. The van der Waals surface area contributed by atoms with E-state index in [2.05, 4.69) is 19.9 Å². The Bertz CT molecular complexity index is 915. The number of hydrogen-bond acceptors (Lipinski definition) is 4. The molecule has 4 nitrogen and oxygen atoms in total. The van der Waals surface area contributed by atoms with Crippen LogP contribution in [0.15, 0.2) is 27.4 Å². The van der Waals surface area contributed by atoms with E-state index < -0.39 is 5.60 Å². The molecule has 2 aromatic rings. The van der Waals surface area contributed by atoms with Gasteiger partial charge in [0.25, 0.3) is 0 Å². The molecular weight excluding hydrogens is 292 g/mol. The van der Waals surface area contributed by atoms with Crippen molar-refractivity contribution in [3.63, 3.8) is 0 Å². The molecule has 1 aromatic carbocycles. The van der Waals surface area contributed by atoms with Gasteiger partial charge in [0, 0.05) is 17.0 Å². The molecule has 0 saturated carbocycles. The number of rotatable bonds is 0. The van der Waals surface area contributed by atoms with Crippen LogP contribution in [0.5, 0.6) is 11.5 Å². The average Bonchev–Trinajstić information content (AvgIpc) is 2.68. The van der Waals surface area contributed by atoms with Crippen molar-refractivity contribution in [2.45, 2.75) is 51.7 Å². The summed E-state index contributed by atoms with van der Waals surface area (Å²) in [5.41, 5.74) is 1.43. The summed E-state index contributed by atoms with van der Waals surface area (Å²) in [6.45, 7) is 10.3. The standard InChI is InChI=1S/C19H20O4/c1-10-19(4,5)14-16(21-10)12-8-9-18(2,3)23-15(12)11-6-7-13(20)22-17(11)14/h6-10H,1-5H3/t10-/m1/s1. The van der Waals surface area contributed by atoms with Gasteiger partial charge in [-0.2, -0.15) is 0 Å². The minimum absolute atomic E-state index is 0.0129. The Morgan fingerprint density at radius 2 is 1.83 bits per heavy atom. The summed E-state index contributed by atoms with van der Waals surface area (Å²) >= 11 is 0. The summed E-state index contributed by atoms with van der Waals surface area (Å²) < 4.78 is 17.9. The van der Waals surface area contributed by atoms with Crippen molar-refractivity contribution in [1.82, 2.24) is 0 Å². The highest BCUT2D eigenvalue weighted by Gasteiger charge is 2.44. The van der Waals surface area contributed by atoms with Crippen LogP contribution < -0.4 is 15.1 Å². The highest BCUT2D eigenvalue weighted by atomic mass is 16.5.